The van der Waals surface area contributed by atoms with Crippen LogP contribution in [0.1, 0.15) is 31.7 Å². The smallest absolute Gasteiger partial charge is 0.243 e. The summed E-state index contributed by atoms with van der Waals surface area (Å²) in [6.07, 6.45) is 2.59. The van der Waals surface area contributed by atoms with E-state index in [1.807, 2.05) is 26.0 Å². The van der Waals surface area contributed by atoms with E-state index in [9.17, 15) is 8.42 Å². The van der Waals surface area contributed by atoms with Gasteiger partial charge in [-0.05, 0) is 57.0 Å². The zero-order valence-corrected chi connectivity index (χ0v) is 15.0. The first kappa shape index (κ1) is 16.9. The highest BCUT2D eigenvalue weighted by atomic mass is 79.9. The summed E-state index contributed by atoms with van der Waals surface area (Å²) in [6, 6.07) is 5.55. The van der Waals surface area contributed by atoms with Gasteiger partial charge in [-0.3, -0.25) is 0 Å². The van der Waals surface area contributed by atoms with E-state index in [2.05, 4.69) is 21.2 Å². The van der Waals surface area contributed by atoms with Crippen molar-refractivity contribution in [2.24, 2.45) is 0 Å². The topological polar surface area (TPSA) is 49.4 Å². The molecule has 21 heavy (non-hydrogen) atoms. The Labute approximate surface area is 136 Å². The van der Waals surface area contributed by atoms with Gasteiger partial charge in [-0.1, -0.05) is 28.9 Å². The minimum absolute atomic E-state index is 0.106. The number of hydrogen-bond donors (Lipinski definition) is 1. The minimum Gasteiger partial charge on any atom is -0.317 e. The van der Waals surface area contributed by atoms with Crippen LogP contribution in [0.25, 0.3) is 0 Å². The van der Waals surface area contributed by atoms with Gasteiger partial charge in [0.1, 0.15) is 0 Å². The predicted octanol–water partition coefficient (Wildman–Crippen LogP) is 2.91. The number of sulfonamides is 1. The number of hydrogen-bond acceptors (Lipinski definition) is 3. The van der Waals surface area contributed by atoms with Gasteiger partial charge in [0, 0.05) is 17.1 Å². The molecular weight excluding hydrogens is 352 g/mol. The molecule has 1 aliphatic rings. The van der Waals surface area contributed by atoms with Crippen LogP contribution in [0.5, 0.6) is 0 Å². The molecule has 0 spiro atoms. The van der Waals surface area contributed by atoms with Crippen molar-refractivity contribution >= 4 is 26.0 Å². The normalized spacial score (nSPS) is 17.3. The highest BCUT2D eigenvalue weighted by molar-refractivity contribution is 9.10. The van der Waals surface area contributed by atoms with Crippen LogP contribution in [0.3, 0.4) is 0 Å². The zero-order chi connectivity index (χ0) is 15.5. The molecule has 1 N–H and O–H groups in total. The van der Waals surface area contributed by atoms with E-state index in [1.54, 1.807) is 10.4 Å². The average molecular weight is 375 g/mol. The monoisotopic (exact) mass is 374 g/mol. The van der Waals surface area contributed by atoms with Crippen molar-refractivity contribution in [2.45, 2.75) is 44.0 Å². The summed E-state index contributed by atoms with van der Waals surface area (Å²) >= 11 is 3.38. The average Bonchev–Trinajstić information content (AvgIpc) is 2.48. The SMILES string of the molecule is CCCN(C1CCNCC1)S(=O)(=O)c1cc(Br)ccc1C. The summed E-state index contributed by atoms with van der Waals surface area (Å²) in [5.41, 5.74) is 0.799. The fourth-order valence-corrected chi connectivity index (χ4v) is 5.33. The lowest BCUT2D eigenvalue weighted by atomic mass is 10.1. The van der Waals surface area contributed by atoms with E-state index in [0.717, 1.165) is 42.4 Å². The Bertz CT molecular complexity index is 583. The van der Waals surface area contributed by atoms with Crippen molar-refractivity contribution in [3.05, 3.63) is 28.2 Å². The molecule has 0 unspecified atom stereocenters. The summed E-state index contributed by atoms with van der Waals surface area (Å²) in [7, 11) is -3.44. The second kappa shape index (κ2) is 7.22. The Morgan fingerprint density at radius 1 is 1.33 bits per heavy atom. The zero-order valence-electron chi connectivity index (χ0n) is 12.6. The molecule has 0 saturated carbocycles. The van der Waals surface area contributed by atoms with Crippen LogP contribution in [-0.2, 0) is 10.0 Å². The molecule has 6 heteroatoms. The molecule has 1 saturated heterocycles. The van der Waals surface area contributed by atoms with E-state index < -0.39 is 10.0 Å². The quantitative estimate of drug-likeness (QED) is 0.861. The maximum atomic E-state index is 13.1. The highest BCUT2D eigenvalue weighted by Crippen LogP contribution is 2.27. The van der Waals surface area contributed by atoms with Crippen molar-refractivity contribution in [3.63, 3.8) is 0 Å². The molecule has 0 amide bonds. The summed E-state index contributed by atoms with van der Waals surface area (Å²) in [6.45, 7) is 6.23. The number of rotatable bonds is 5. The van der Waals surface area contributed by atoms with Gasteiger partial charge < -0.3 is 5.32 Å². The highest BCUT2D eigenvalue weighted by Gasteiger charge is 2.32. The number of nitrogens with zero attached hydrogens (tertiary/aromatic N) is 1. The van der Waals surface area contributed by atoms with E-state index >= 15 is 0 Å². The largest absolute Gasteiger partial charge is 0.317 e. The number of aryl methyl sites for hydroxylation is 1. The Balaban J connectivity index is 2.39. The van der Waals surface area contributed by atoms with Crippen LogP contribution in [0.15, 0.2) is 27.6 Å². The molecule has 0 aliphatic carbocycles. The molecule has 118 valence electrons. The van der Waals surface area contributed by atoms with Gasteiger partial charge in [-0.2, -0.15) is 4.31 Å². The first-order chi connectivity index (χ1) is 9.96. The lowest BCUT2D eigenvalue weighted by Gasteiger charge is -2.34. The van der Waals surface area contributed by atoms with Gasteiger partial charge in [0.25, 0.3) is 0 Å². The van der Waals surface area contributed by atoms with Crippen LogP contribution in [0.4, 0.5) is 0 Å². The van der Waals surface area contributed by atoms with E-state index in [0.29, 0.717) is 11.4 Å². The molecule has 1 fully saturated rings. The first-order valence-electron chi connectivity index (χ1n) is 7.45. The van der Waals surface area contributed by atoms with Crippen molar-refractivity contribution in [3.8, 4) is 0 Å². The number of benzene rings is 1. The van der Waals surface area contributed by atoms with Gasteiger partial charge in [0.15, 0.2) is 0 Å². The van der Waals surface area contributed by atoms with Crippen LogP contribution in [-0.4, -0.2) is 38.4 Å². The lowest BCUT2D eigenvalue weighted by Crippen LogP contribution is -2.46. The Kier molecular flexibility index (Phi) is 5.82. The van der Waals surface area contributed by atoms with E-state index in [4.69, 9.17) is 0 Å². The van der Waals surface area contributed by atoms with Crippen LogP contribution < -0.4 is 5.32 Å². The van der Waals surface area contributed by atoms with E-state index in [1.165, 1.54) is 0 Å². The summed E-state index contributed by atoms with van der Waals surface area (Å²) in [4.78, 5) is 0.420. The number of piperidine rings is 1. The van der Waals surface area contributed by atoms with Gasteiger partial charge >= 0.3 is 0 Å². The van der Waals surface area contributed by atoms with Crippen molar-refractivity contribution in [2.75, 3.05) is 19.6 Å². The molecule has 1 heterocycles. The Hall–Kier alpha value is -0.430. The molecule has 0 aromatic heterocycles. The summed E-state index contributed by atoms with van der Waals surface area (Å²) in [5, 5.41) is 3.29. The van der Waals surface area contributed by atoms with Crippen molar-refractivity contribution in [1.29, 1.82) is 0 Å². The Morgan fingerprint density at radius 2 is 2.00 bits per heavy atom. The fourth-order valence-electron chi connectivity index (χ4n) is 2.79. The Morgan fingerprint density at radius 3 is 2.62 bits per heavy atom. The predicted molar refractivity (Wildman–Crippen MR) is 89.0 cm³/mol. The van der Waals surface area contributed by atoms with Crippen molar-refractivity contribution in [1.82, 2.24) is 9.62 Å². The molecule has 1 aliphatic heterocycles. The summed E-state index contributed by atoms with van der Waals surface area (Å²) in [5.74, 6) is 0. The maximum Gasteiger partial charge on any atom is 0.243 e. The third-order valence-electron chi connectivity index (χ3n) is 3.90. The third-order valence-corrected chi connectivity index (χ3v) is 6.48. The van der Waals surface area contributed by atoms with Crippen LogP contribution >= 0.6 is 15.9 Å². The fraction of sp³-hybridized carbons (Fsp3) is 0.600. The molecule has 2 rings (SSSR count). The standard InChI is InChI=1S/C15H23BrN2O2S/c1-3-10-18(14-6-8-17-9-7-14)21(19,20)15-11-13(16)5-4-12(15)2/h4-5,11,14,17H,3,6-10H2,1-2H3. The van der Waals surface area contributed by atoms with Crippen LogP contribution in [0.2, 0.25) is 0 Å². The van der Waals surface area contributed by atoms with Gasteiger partial charge in [0.2, 0.25) is 10.0 Å². The number of nitrogens with one attached hydrogen (secondary N) is 1. The lowest BCUT2D eigenvalue weighted by molar-refractivity contribution is 0.262. The van der Waals surface area contributed by atoms with Gasteiger partial charge in [-0.15, -0.1) is 0 Å². The molecule has 1 aromatic rings. The maximum absolute atomic E-state index is 13.1. The third kappa shape index (κ3) is 3.86. The second-order valence-corrected chi connectivity index (χ2v) is 8.28. The van der Waals surface area contributed by atoms with Crippen molar-refractivity contribution < 1.29 is 8.42 Å². The van der Waals surface area contributed by atoms with Gasteiger partial charge in [-0.25, -0.2) is 8.42 Å². The van der Waals surface area contributed by atoms with Crippen LogP contribution in [0, 0.1) is 6.92 Å². The second-order valence-electron chi connectivity index (χ2n) is 5.51. The molecular formula is C15H23BrN2O2S. The van der Waals surface area contributed by atoms with E-state index in [-0.39, 0.29) is 6.04 Å². The molecule has 1 aromatic carbocycles. The first-order valence-corrected chi connectivity index (χ1v) is 9.69. The number of halogens is 1. The minimum atomic E-state index is -3.44. The van der Waals surface area contributed by atoms with Gasteiger partial charge in [0.05, 0.1) is 4.90 Å². The molecule has 0 bridgehead atoms. The summed E-state index contributed by atoms with van der Waals surface area (Å²) < 4.78 is 28.7. The molecule has 0 atom stereocenters. The molecule has 4 nitrogen and oxygen atoms in total. The molecule has 0 radical (unpaired) electrons.